The standard InChI is InChI=1S/C27H36N3O14P/c1-36-45(35,41-17-40-19-10-8-18(9-11-19)30(33)34)44-24-20(16-39-22-6-2-4-14-37-22)42-26(29-13-12-21(31)28-27(29)32)25(24)43-23-7-3-5-15-38-23/h8-13,20,22-26H,2-7,14-17H2,1H3,(H,28,31,32)/t20-,22?,23?,24-,25-,26-,45?/m1/s1. The number of rotatable bonds is 14. The van der Waals surface area contributed by atoms with Gasteiger partial charge >= 0.3 is 13.5 Å². The lowest BCUT2D eigenvalue weighted by atomic mass is 10.1. The van der Waals surface area contributed by atoms with Gasteiger partial charge in [0.05, 0.1) is 11.5 Å². The van der Waals surface area contributed by atoms with E-state index >= 15 is 0 Å². The molecule has 3 aliphatic rings. The molecule has 18 heteroatoms. The molecule has 3 aliphatic heterocycles. The van der Waals surface area contributed by atoms with E-state index in [1.54, 1.807) is 0 Å². The van der Waals surface area contributed by atoms with Crippen LogP contribution in [-0.4, -0.2) is 79.1 Å². The fourth-order valence-corrected chi connectivity index (χ4v) is 6.09. The third-order valence-corrected chi connectivity index (χ3v) is 8.77. The van der Waals surface area contributed by atoms with Crippen LogP contribution in [0.5, 0.6) is 5.75 Å². The predicted octanol–water partition coefficient (Wildman–Crippen LogP) is 2.99. The number of phosphoric ester groups is 1. The van der Waals surface area contributed by atoms with Gasteiger partial charge in [-0.1, -0.05) is 0 Å². The lowest BCUT2D eigenvalue weighted by molar-refractivity contribution is -0.384. The Bertz CT molecular complexity index is 1420. The Morgan fingerprint density at radius 3 is 2.36 bits per heavy atom. The van der Waals surface area contributed by atoms with Crippen molar-refractivity contribution in [1.82, 2.24) is 9.55 Å². The Morgan fingerprint density at radius 2 is 1.73 bits per heavy atom. The Labute approximate surface area is 257 Å². The van der Waals surface area contributed by atoms with Crippen molar-refractivity contribution in [1.29, 1.82) is 0 Å². The molecule has 0 radical (unpaired) electrons. The number of nitro groups is 1. The smallest absolute Gasteiger partial charge is 0.467 e. The van der Waals surface area contributed by atoms with E-state index < -0.39 is 67.9 Å². The summed E-state index contributed by atoms with van der Waals surface area (Å²) in [6.45, 7) is 0.294. The highest BCUT2D eigenvalue weighted by Crippen LogP contribution is 2.53. The van der Waals surface area contributed by atoms with E-state index in [1.165, 1.54) is 30.5 Å². The summed E-state index contributed by atoms with van der Waals surface area (Å²) >= 11 is 0. The number of nitro benzene ring substituents is 1. The first-order valence-electron chi connectivity index (χ1n) is 14.6. The molecule has 0 bridgehead atoms. The molecule has 3 unspecified atom stereocenters. The van der Waals surface area contributed by atoms with Crippen LogP contribution in [0.4, 0.5) is 5.69 Å². The minimum absolute atomic E-state index is 0.0989. The van der Waals surface area contributed by atoms with Gasteiger partial charge in [-0.05, 0) is 50.7 Å². The molecule has 3 fully saturated rings. The Hall–Kier alpha value is -2.99. The molecular weight excluding hydrogens is 621 g/mol. The van der Waals surface area contributed by atoms with Crippen molar-refractivity contribution in [3.05, 3.63) is 67.5 Å². The number of aromatic amines is 1. The average molecular weight is 658 g/mol. The van der Waals surface area contributed by atoms with Gasteiger partial charge in [0.25, 0.3) is 11.2 Å². The zero-order valence-electron chi connectivity index (χ0n) is 24.6. The molecule has 0 spiro atoms. The van der Waals surface area contributed by atoms with Crippen LogP contribution in [0, 0.1) is 10.1 Å². The molecule has 7 atom stereocenters. The van der Waals surface area contributed by atoms with Crippen molar-refractivity contribution >= 4 is 13.5 Å². The first-order chi connectivity index (χ1) is 21.7. The molecule has 4 heterocycles. The minimum atomic E-state index is -4.40. The second-order valence-corrected chi connectivity index (χ2v) is 12.2. The van der Waals surface area contributed by atoms with Gasteiger partial charge in [-0.25, -0.2) is 13.9 Å². The number of nitrogens with one attached hydrogen (secondary N) is 1. The summed E-state index contributed by atoms with van der Waals surface area (Å²) in [5, 5.41) is 10.9. The summed E-state index contributed by atoms with van der Waals surface area (Å²) in [6.07, 6.45) is 0.352. The molecule has 2 aromatic rings. The second kappa shape index (κ2) is 15.5. The van der Waals surface area contributed by atoms with Crippen LogP contribution in [0.15, 0.2) is 46.1 Å². The highest BCUT2D eigenvalue weighted by molar-refractivity contribution is 7.48. The molecule has 3 saturated heterocycles. The lowest BCUT2D eigenvalue weighted by Crippen LogP contribution is -2.43. The van der Waals surface area contributed by atoms with Crippen molar-refractivity contribution in [2.75, 3.05) is 33.7 Å². The molecule has 5 rings (SSSR count). The van der Waals surface area contributed by atoms with Crippen LogP contribution in [0.25, 0.3) is 0 Å². The lowest BCUT2D eigenvalue weighted by Gasteiger charge is -2.32. The first-order valence-corrected chi connectivity index (χ1v) is 16.0. The van der Waals surface area contributed by atoms with Crippen molar-refractivity contribution in [2.45, 2.75) is 75.6 Å². The summed E-state index contributed by atoms with van der Waals surface area (Å²) < 4.78 is 66.9. The number of non-ortho nitro benzene ring substituents is 1. The fraction of sp³-hybridized carbons (Fsp3) is 0.630. The fourth-order valence-electron chi connectivity index (χ4n) is 5.10. The number of benzene rings is 1. The maximum Gasteiger partial charge on any atom is 0.477 e. The number of H-pyrrole nitrogens is 1. The van der Waals surface area contributed by atoms with Crippen molar-refractivity contribution in [2.24, 2.45) is 0 Å². The Morgan fingerprint density at radius 1 is 1.02 bits per heavy atom. The molecule has 1 aromatic carbocycles. The van der Waals surface area contributed by atoms with E-state index in [0.717, 1.165) is 43.4 Å². The van der Waals surface area contributed by atoms with Gasteiger partial charge in [0.2, 0.25) is 0 Å². The van der Waals surface area contributed by atoms with Crippen molar-refractivity contribution in [3.8, 4) is 5.75 Å². The maximum atomic E-state index is 13.8. The molecular formula is C27H36N3O14P. The quantitative estimate of drug-likeness (QED) is 0.135. The highest BCUT2D eigenvalue weighted by Gasteiger charge is 2.52. The highest BCUT2D eigenvalue weighted by atomic mass is 31.2. The number of aromatic nitrogens is 2. The summed E-state index contributed by atoms with van der Waals surface area (Å²) in [6, 6.07) is 6.35. The summed E-state index contributed by atoms with van der Waals surface area (Å²) in [5.41, 5.74) is -1.49. The van der Waals surface area contributed by atoms with Crippen LogP contribution in [0.3, 0.4) is 0 Å². The summed E-state index contributed by atoms with van der Waals surface area (Å²) in [5.74, 6) is 0.208. The molecule has 0 amide bonds. The van der Waals surface area contributed by atoms with Crippen LogP contribution in [0.1, 0.15) is 44.8 Å². The van der Waals surface area contributed by atoms with Crippen molar-refractivity contribution < 1.29 is 51.5 Å². The summed E-state index contributed by atoms with van der Waals surface area (Å²) in [7, 11) is -3.28. The number of hydrogen-bond donors (Lipinski definition) is 1. The molecule has 1 N–H and O–H groups in total. The van der Waals surface area contributed by atoms with E-state index in [0.29, 0.717) is 26.1 Å². The average Bonchev–Trinajstić information content (AvgIpc) is 3.36. The number of phosphoric acid groups is 1. The van der Waals surface area contributed by atoms with Gasteiger partial charge in [-0.15, -0.1) is 0 Å². The van der Waals surface area contributed by atoms with Crippen LogP contribution in [-0.2, 0) is 41.8 Å². The number of ether oxygens (including phenoxy) is 6. The number of hydrogen-bond acceptors (Lipinski definition) is 14. The molecule has 0 aliphatic carbocycles. The molecule has 45 heavy (non-hydrogen) atoms. The van der Waals surface area contributed by atoms with Crippen LogP contribution >= 0.6 is 7.82 Å². The zero-order chi connectivity index (χ0) is 31.8. The topological polar surface area (TPSA) is 198 Å². The predicted molar refractivity (Wildman–Crippen MR) is 152 cm³/mol. The normalized spacial score (nSPS) is 28.4. The largest absolute Gasteiger partial charge is 0.477 e. The van der Waals surface area contributed by atoms with Gasteiger partial charge in [-0.2, -0.15) is 0 Å². The molecule has 248 valence electrons. The van der Waals surface area contributed by atoms with Gasteiger partial charge in [0.15, 0.2) is 25.6 Å². The van der Waals surface area contributed by atoms with E-state index in [9.17, 15) is 24.3 Å². The monoisotopic (exact) mass is 657 g/mol. The minimum Gasteiger partial charge on any atom is -0.467 e. The van der Waals surface area contributed by atoms with Gasteiger partial charge in [0.1, 0.15) is 24.1 Å². The second-order valence-electron chi connectivity index (χ2n) is 10.5. The van der Waals surface area contributed by atoms with Gasteiger partial charge < -0.3 is 28.4 Å². The van der Waals surface area contributed by atoms with Gasteiger partial charge in [0, 0.05) is 44.7 Å². The van der Waals surface area contributed by atoms with Gasteiger partial charge in [-0.3, -0.25) is 33.5 Å². The van der Waals surface area contributed by atoms with E-state index in [4.69, 9.17) is 42.0 Å². The zero-order valence-corrected chi connectivity index (χ0v) is 25.5. The van der Waals surface area contributed by atoms with E-state index in [2.05, 4.69) is 4.98 Å². The number of nitrogens with zero attached hydrogens (tertiary/aromatic N) is 2. The first kappa shape index (κ1) is 33.4. The van der Waals surface area contributed by atoms with Crippen molar-refractivity contribution in [3.63, 3.8) is 0 Å². The summed E-state index contributed by atoms with van der Waals surface area (Å²) in [4.78, 5) is 37.2. The molecule has 0 saturated carbocycles. The Kier molecular flexibility index (Phi) is 11.5. The third-order valence-electron chi connectivity index (χ3n) is 7.40. The van der Waals surface area contributed by atoms with Crippen LogP contribution < -0.4 is 16.0 Å². The maximum absolute atomic E-state index is 13.8. The Balaban J connectivity index is 1.38. The third kappa shape index (κ3) is 8.84. The van der Waals surface area contributed by atoms with E-state index in [1.807, 2.05) is 0 Å². The molecule has 17 nitrogen and oxygen atoms in total. The SMILES string of the molecule is COP(=O)(OCOc1ccc([N+](=O)[O-])cc1)O[C@H]1[C@@H](OC2CCCCO2)[C@H](n2ccc(=O)[nH]c2=O)O[C@@H]1COC1CCCCO1. The van der Waals surface area contributed by atoms with E-state index in [-0.39, 0.29) is 18.0 Å². The molecule has 1 aromatic heterocycles. The van der Waals surface area contributed by atoms with Crippen LogP contribution in [0.2, 0.25) is 0 Å².